The lowest BCUT2D eigenvalue weighted by molar-refractivity contribution is 0.281. The van der Waals surface area contributed by atoms with Gasteiger partial charge in [-0.3, -0.25) is 0 Å². The van der Waals surface area contributed by atoms with E-state index in [-0.39, 0.29) is 0 Å². The number of ether oxygens (including phenoxy) is 1. The number of rotatable bonds is 8. The summed E-state index contributed by atoms with van der Waals surface area (Å²) in [6.45, 7) is 2.63. The van der Waals surface area contributed by atoms with Gasteiger partial charge in [0.15, 0.2) is 0 Å². The summed E-state index contributed by atoms with van der Waals surface area (Å²) >= 11 is 6.24. The molecule has 19 heavy (non-hydrogen) atoms. The first-order chi connectivity index (χ1) is 9.15. The van der Waals surface area contributed by atoms with Gasteiger partial charge in [-0.15, -0.1) is 0 Å². The molecule has 1 saturated carbocycles. The molecule has 0 amide bonds. The Morgan fingerprint density at radius 2 is 2.16 bits per heavy atom. The van der Waals surface area contributed by atoms with Crippen molar-refractivity contribution in [3.05, 3.63) is 28.8 Å². The van der Waals surface area contributed by atoms with Crippen LogP contribution >= 0.6 is 11.6 Å². The first-order valence-electron chi connectivity index (χ1n) is 6.94. The van der Waals surface area contributed by atoms with Crippen LogP contribution in [0.15, 0.2) is 18.2 Å². The maximum atomic E-state index is 6.24. The molecule has 4 heteroatoms. The van der Waals surface area contributed by atoms with Gasteiger partial charge in [0.25, 0.3) is 0 Å². The van der Waals surface area contributed by atoms with Crippen molar-refractivity contribution in [2.75, 3.05) is 27.2 Å². The van der Waals surface area contributed by atoms with Gasteiger partial charge in [-0.2, -0.15) is 0 Å². The van der Waals surface area contributed by atoms with E-state index >= 15 is 0 Å². The fraction of sp³-hybridized carbons (Fsp3) is 0.600. The van der Waals surface area contributed by atoms with Gasteiger partial charge in [0, 0.05) is 19.1 Å². The van der Waals surface area contributed by atoms with E-state index in [1.54, 1.807) is 0 Å². The van der Waals surface area contributed by atoms with Crippen LogP contribution in [0.1, 0.15) is 24.8 Å². The van der Waals surface area contributed by atoms with E-state index in [0.717, 1.165) is 31.3 Å². The number of hydrogen-bond donors (Lipinski definition) is 1. The number of benzene rings is 1. The SMILES string of the molecule is CN(C)CCCOc1ccc(CNC2CC2)cc1Cl. The van der Waals surface area contributed by atoms with Crippen LogP contribution in [-0.2, 0) is 6.54 Å². The molecule has 1 aliphatic rings. The zero-order chi connectivity index (χ0) is 13.7. The molecule has 0 atom stereocenters. The summed E-state index contributed by atoms with van der Waals surface area (Å²) in [5, 5.41) is 4.19. The minimum atomic E-state index is 0.706. The average Bonchev–Trinajstić information content (AvgIpc) is 3.17. The lowest BCUT2D eigenvalue weighted by Crippen LogP contribution is -2.16. The molecule has 0 heterocycles. The molecular weight excluding hydrogens is 260 g/mol. The summed E-state index contributed by atoms with van der Waals surface area (Å²) in [5.74, 6) is 0.788. The van der Waals surface area contributed by atoms with Crippen LogP contribution in [0.4, 0.5) is 0 Å². The topological polar surface area (TPSA) is 24.5 Å². The number of halogens is 1. The molecule has 106 valence electrons. The second-order valence-electron chi connectivity index (χ2n) is 5.43. The molecule has 2 rings (SSSR count). The van der Waals surface area contributed by atoms with Crippen LogP contribution in [0.3, 0.4) is 0 Å². The Kier molecular flexibility index (Phi) is 5.49. The summed E-state index contributed by atoms with van der Waals surface area (Å²) < 4.78 is 5.70. The van der Waals surface area contributed by atoms with Crippen molar-refractivity contribution in [3.63, 3.8) is 0 Å². The van der Waals surface area contributed by atoms with Gasteiger partial charge < -0.3 is 15.0 Å². The van der Waals surface area contributed by atoms with Crippen molar-refractivity contribution in [1.82, 2.24) is 10.2 Å². The van der Waals surface area contributed by atoms with Crippen LogP contribution < -0.4 is 10.1 Å². The number of nitrogens with one attached hydrogen (secondary N) is 1. The van der Waals surface area contributed by atoms with E-state index in [1.807, 2.05) is 12.1 Å². The molecule has 0 spiro atoms. The molecule has 0 radical (unpaired) electrons. The fourth-order valence-electron chi connectivity index (χ4n) is 1.88. The zero-order valence-corrected chi connectivity index (χ0v) is 12.5. The Labute approximate surface area is 120 Å². The molecule has 0 aliphatic heterocycles. The molecular formula is C15H23ClN2O. The molecule has 1 fully saturated rings. The minimum Gasteiger partial charge on any atom is -0.492 e. The van der Waals surface area contributed by atoms with Crippen LogP contribution in [0.5, 0.6) is 5.75 Å². The molecule has 0 unspecified atom stereocenters. The molecule has 0 bridgehead atoms. The molecule has 1 aromatic carbocycles. The molecule has 1 aromatic rings. The molecule has 1 N–H and O–H groups in total. The minimum absolute atomic E-state index is 0.706. The van der Waals surface area contributed by atoms with Crippen LogP contribution in [-0.4, -0.2) is 38.2 Å². The van der Waals surface area contributed by atoms with E-state index in [1.165, 1.54) is 18.4 Å². The summed E-state index contributed by atoms with van der Waals surface area (Å²) in [7, 11) is 4.13. The van der Waals surface area contributed by atoms with Gasteiger partial charge in [-0.25, -0.2) is 0 Å². The van der Waals surface area contributed by atoms with Crippen LogP contribution in [0, 0.1) is 0 Å². The van der Waals surface area contributed by atoms with Crippen molar-refractivity contribution in [1.29, 1.82) is 0 Å². The Balaban J connectivity index is 1.77. The Morgan fingerprint density at radius 3 is 2.79 bits per heavy atom. The highest BCUT2D eigenvalue weighted by atomic mass is 35.5. The highest BCUT2D eigenvalue weighted by Gasteiger charge is 2.19. The highest BCUT2D eigenvalue weighted by molar-refractivity contribution is 6.32. The van der Waals surface area contributed by atoms with Crippen LogP contribution in [0.25, 0.3) is 0 Å². The first-order valence-corrected chi connectivity index (χ1v) is 7.32. The maximum absolute atomic E-state index is 6.24. The van der Waals surface area contributed by atoms with E-state index in [0.29, 0.717) is 11.6 Å². The van der Waals surface area contributed by atoms with Gasteiger partial charge in [0.05, 0.1) is 11.6 Å². The third kappa shape index (κ3) is 5.39. The highest BCUT2D eigenvalue weighted by Crippen LogP contribution is 2.26. The van der Waals surface area contributed by atoms with Gasteiger partial charge >= 0.3 is 0 Å². The summed E-state index contributed by atoms with van der Waals surface area (Å²) in [4.78, 5) is 2.15. The summed E-state index contributed by atoms with van der Waals surface area (Å²) in [5.41, 5.74) is 1.22. The lowest BCUT2D eigenvalue weighted by atomic mass is 10.2. The monoisotopic (exact) mass is 282 g/mol. The third-order valence-electron chi connectivity index (χ3n) is 3.18. The third-order valence-corrected chi connectivity index (χ3v) is 3.47. The predicted molar refractivity (Wildman–Crippen MR) is 80.0 cm³/mol. The van der Waals surface area contributed by atoms with Crippen molar-refractivity contribution < 1.29 is 4.74 Å². The summed E-state index contributed by atoms with van der Waals surface area (Å²) in [6.07, 6.45) is 3.62. The van der Waals surface area contributed by atoms with Gasteiger partial charge in [0.2, 0.25) is 0 Å². The number of nitrogens with zero attached hydrogens (tertiary/aromatic N) is 1. The predicted octanol–water partition coefficient (Wildman–Crippen LogP) is 2.92. The zero-order valence-electron chi connectivity index (χ0n) is 11.8. The fourth-order valence-corrected chi connectivity index (χ4v) is 2.14. The summed E-state index contributed by atoms with van der Waals surface area (Å²) in [6, 6.07) is 6.78. The molecule has 0 aromatic heterocycles. The van der Waals surface area contributed by atoms with E-state index in [4.69, 9.17) is 16.3 Å². The Morgan fingerprint density at radius 1 is 1.37 bits per heavy atom. The number of hydrogen-bond acceptors (Lipinski definition) is 3. The smallest absolute Gasteiger partial charge is 0.137 e. The van der Waals surface area contributed by atoms with Gasteiger partial charge in [-0.05, 0) is 51.1 Å². The lowest BCUT2D eigenvalue weighted by Gasteiger charge is -2.12. The normalized spacial score (nSPS) is 14.9. The molecule has 3 nitrogen and oxygen atoms in total. The van der Waals surface area contributed by atoms with Crippen molar-refractivity contribution in [2.45, 2.75) is 31.8 Å². The van der Waals surface area contributed by atoms with E-state index in [2.05, 4.69) is 30.4 Å². The van der Waals surface area contributed by atoms with Crippen molar-refractivity contribution >= 4 is 11.6 Å². The second-order valence-corrected chi connectivity index (χ2v) is 5.83. The average molecular weight is 283 g/mol. The van der Waals surface area contributed by atoms with E-state index in [9.17, 15) is 0 Å². The maximum Gasteiger partial charge on any atom is 0.137 e. The second kappa shape index (κ2) is 7.13. The quantitative estimate of drug-likeness (QED) is 0.742. The van der Waals surface area contributed by atoms with Crippen molar-refractivity contribution in [3.8, 4) is 5.75 Å². The standard InChI is InChI=1S/C15H23ClN2O/c1-18(2)8-3-9-19-15-7-4-12(10-14(15)16)11-17-13-5-6-13/h4,7,10,13,17H,3,5-6,8-9,11H2,1-2H3. The Hall–Kier alpha value is -0.770. The molecule has 1 aliphatic carbocycles. The Bertz CT molecular complexity index is 405. The van der Waals surface area contributed by atoms with Gasteiger partial charge in [0.1, 0.15) is 5.75 Å². The molecule has 0 saturated heterocycles. The van der Waals surface area contributed by atoms with Crippen LogP contribution in [0.2, 0.25) is 5.02 Å². The van der Waals surface area contributed by atoms with Gasteiger partial charge in [-0.1, -0.05) is 17.7 Å². The van der Waals surface area contributed by atoms with E-state index < -0.39 is 0 Å². The first kappa shape index (κ1) is 14.6. The largest absolute Gasteiger partial charge is 0.492 e. The van der Waals surface area contributed by atoms with Crippen molar-refractivity contribution in [2.24, 2.45) is 0 Å².